The molecule has 202 valence electrons. The molecule has 0 radical (unpaired) electrons. The lowest BCUT2D eigenvalue weighted by atomic mass is 10.1. The third kappa shape index (κ3) is 4.94. The molecule has 0 spiro atoms. The highest BCUT2D eigenvalue weighted by Crippen LogP contribution is 2.21. The van der Waals surface area contributed by atoms with Gasteiger partial charge in [-0.1, -0.05) is 42.5 Å². The Morgan fingerprint density at radius 1 is 0.875 bits per heavy atom. The molecule has 0 atom stereocenters. The topological polar surface area (TPSA) is 67.1 Å². The molecular formula is C33H32N4O3. The van der Waals surface area contributed by atoms with Crippen LogP contribution in [0.5, 0.6) is 5.75 Å². The highest BCUT2D eigenvalue weighted by Gasteiger charge is 2.30. The van der Waals surface area contributed by atoms with Crippen molar-refractivity contribution in [3.05, 3.63) is 123 Å². The predicted molar refractivity (Wildman–Crippen MR) is 161 cm³/mol. The number of methoxy groups -OCH3 is 1. The minimum Gasteiger partial charge on any atom is -0.497 e. The van der Waals surface area contributed by atoms with E-state index < -0.39 is 0 Å². The van der Waals surface area contributed by atoms with Crippen LogP contribution in [0.3, 0.4) is 0 Å². The van der Waals surface area contributed by atoms with E-state index in [0.717, 1.165) is 18.7 Å². The Balaban J connectivity index is 1.63. The Morgan fingerprint density at radius 2 is 1.55 bits per heavy atom. The first-order chi connectivity index (χ1) is 19.5. The number of rotatable bonds is 8. The molecule has 1 aromatic heterocycles. The molecule has 3 aromatic carbocycles. The lowest BCUT2D eigenvalue weighted by Gasteiger charge is -2.20. The van der Waals surface area contributed by atoms with E-state index in [0.29, 0.717) is 39.0 Å². The van der Waals surface area contributed by atoms with E-state index in [9.17, 15) is 9.59 Å². The number of fused-ring (bicyclic) bond motifs is 1. The molecule has 5 rings (SSSR count). The highest BCUT2D eigenvalue weighted by molar-refractivity contribution is 6.08. The largest absolute Gasteiger partial charge is 0.497 e. The molecule has 7 heteroatoms. The van der Waals surface area contributed by atoms with E-state index in [1.807, 2.05) is 42.5 Å². The van der Waals surface area contributed by atoms with Crippen molar-refractivity contribution in [2.45, 2.75) is 20.8 Å². The number of carbonyl (C=O) groups is 1. The fraction of sp³-hybridized carbons (Fsp3) is 0.182. The molecule has 1 aliphatic rings. The molecule has 0 saturated carbocycles. The molecule has 0 bridgehead atoms. The fourth-order valence-electron chi connectivity index (χ4n) is 4.94. The van der Waals surface area contributed by atoms with Crippen LogP contribution in [-0.4, -0.2) is 30.7 Å². The second kappa shape index (κ2) is 11.5. The van der Waals surface area contributed by atoms with Crippen molar-refractivity contribution in [2.75, 3.05) is 30.1 Å². The summed E-state index contributed by atoms with van der Waals surface area (Å²) in [5, 5.41) is 6.42. The summed E-state index contributed by atoms with van der Waals surface area (Å²) in [5.41, 5.74) is 4.48. The molecule has 0 fully saturated rings. The van der Waals surface area contributed by atoms with Crippen molar-refractivity contribution in [2.24, 2.45) is 5.10 Å². The maximum Gasteiger partial charge on any atom is 0.282 e. The number of hydrogen-bond acceptors (Lipinski definition) is 5. The standard InChI is InChI=1S/C33H32N4O3/c1-5-35(6-2)25-17-15-24(16-18-25)11-10-14-29-23(3)30-31(34-37(33(30)39)27-12-8-7-9-13-27)36(32(29)38)26-19-21-28(40-4)22-20-26/h7-22H,5-6H2,1-4H3/b11-10+,29-14+. The summed E-state index contributed by atoms with van der Waals surface area (Å²) >= 11 is 0. The Labute approximate surface area is 233 Å². The van der Waals surface area contributed by atoms with Crippen molar-refractivity contribution >= 4 is 29.4 Å². The normalized spacial score (nSPS) is 13.1. The van der Waals surface area contributed by atoms with Gasteiger partial charge in [0.2, 0.25) is 0 Å². The zero-order chi connectivity index (χ0) is 28.2. The van der Waals surface area contributed by atoms with Gasteiger partial charge in [0.25, 0.3) is 11.5 Å². The average Bonchev–Trinajstić information content (AvgIpc) is 3.33. The van der Waals surface area contributed by atoms with Gasteiger partial charge in [-0.3, -0.25) is 14.2 Å². The van der Waals surface area contributed by atoms with Crippen LogP contribution in [0.15, 0.2) is 94.8 Å². The van der Waals surface area contributed by atoms with Crippen LogP contribution in [0, 0.1) is 6.92 Å². The maximum atomic E-state index is 14.0. The Hall–Kier alpha value is -4.91. The smallest absolute Gasteiger partial charge is 0.282 e. The van der Waals surface area contributed by atoms with Gasteiger partial charge in [-0.05, 0) is 86.5 Å². The van der Waals surface area contributed by atoms with Crippen molar-refractivity contribution in [3.8, 4) is 11.4 Å². The molecule has 4 aromatic rings. The minimum atomic E-state index is -0.272. The van der Waals surface area contributed by atoms with Crippen LogP contribution in [0.25, 0.3) is 17.8 Å². The molecule has 0 N–H and O–H groups in total. The number of benzene rings is 3. The summed E-state index contributed by atoms with van der Waals surface area (Å²) in [5.74, 6) is 0.396. The van der Waals surface area contributed by atoms with Gasteiger partial charge in [0.05, 0.1) is 24.0 Å². The SMILES string of the molecule is CCN(CC)c1ccc(/C=C/C=c2\c(C)c3c(n(-c4ccc(OC)cc4)c2=O)=NN(c2ccccc2)C3=O)cc1. The Bertz CT molecular complexity index is 1740. The number of carbonyl (C=O) groups excluding carboxylic acids is 1. The number of pyridine rings is 1. The van der Waals surface area contributed by atoms with Crippen LogP contribution in [-0.2, 0) is 0 Å². The quantitative estimate of drug-likeness (QED) is 0.330. The number of anilines is 2. The number of hydrogen-bond donors (Lipinski definition) is 0. The molecule has 2 heterocycles. The molecule has 40 heavy (non-hydrogen) atoms. The second-order valence-electron chi connectivity index (χ2n) is 9.42. The summed E-state index contributed by atoms with van der Waals surface area (Å²) in [6, 6.07) is 24.7. The van der Waals surface area contributed by atoms with Crippen molar-refractivity contribution in [1.29, 1.82) is 0 Å². The number of nitrogens with zero attached hydrogens (tertiary/aromatic N) is 4. The van der Waals surface area contributed by atoms with E-state index in [4.69, 9.17) is 4.74 Å². The molecule has 0 unspecified atom stereocenters. The molecular weight excluding hydrogens is 500 g/mol. The molecule has 1 aliphatic heterocycles. The van der Waals surface area contributed by atoms with Crippen LogP contribution >= 0.6 is 0 Å². The van der Waals surface area contributed by atoms with Gasteiger partial charge in [0, 0.05) is 24.0 Å². The number of allylic oxidation sites excluding steroid dienone is 1. The summed E-state index contributed by atoms with van der Waals surface area (Å²) < 4.78 is 6.80. The van der Waals surface area contributed by atoms with Crippen LogP contribution in [0.2, 0.25) is 0 Å². The van der Waals surface area contributed by atoms with E-state index in [-0.39, 0.29) is 11.5 Å². The first-order valence-electron chi connectivity index (χ1n) is 13.4. The summed E-state index contributed by atoms with van der Waals surface area (Å²) in [7, 11) is 1.59. The fourth-order valence-corrected chi connectivity index (χ4v) is 4.94. The minimum absolute atomic E-state index is 0.255. The third-order valence-electron chi connectivity index (χ3n) is 7.15. The Kier molecular flexibility index (Phi) is 7.64. The first-order valence-corrected chi connectivity index (χ1v) is 13.4. The average molecular weight is 533 g/mol. The number of ether oxygens (including phenoxy) is 1. The monoisotopic (exact) mass is 532 g/mol. The van der Waals surface area contributed by atoms with Crippen LogP contribution in [0.4, 0.5) is 11.4 Å². The maximum absolute atomic E-state index is 14.0. The van der Waals surface area contributed by atoms with Gasteiger partial charge in [0.1, 0.15) is 5.75 Å². The summed E-state index contributed by atoms with van der Waals surface area (Å²) in [4.78, 5) is 29.9. The third-order valence-corrected chi connectivity index (χ3v) is 7.15. The van der Waals surface area contributed by atoms with Gasteiger partial charge >= 0.3 is 0 Å². The number of aromatic nitrogens is 1. The molecule has 1 amide bonds. The second-order valence-corrected chi connectivity index (χ2v) is 9.42. The van der Waals surface area contributed by atoms with Crippen LogP contribution in [0.1, 0.15) is 35.3 Å². The molecule has 0 saturated heterocycles. The highest BCUT2D eigenvalue weighted by atomic mass is 16.5. The van der Waals surface area contributed by atoms with Crippen molar-refractivity contribution < 1.29 is 9.53 Å². The van der Waals surface area contributed by atoms with Crippen LogP contribution < -0.4 is 30.9 Å². The zero-order valence-electron chi connectivity index (χ0n) is 23.2. The van der Waals surface area contributed by atoms with E-state index in [2.05, 4.69) is 48.1 Å². The Morgan fingerprint density at radius 3 is 2.17 bits per heavy atom. The van der Waals surface area contributed by atoms with Gasteiger partial charge in [0.15, 0.2) is 5.49 Å². The van der Waals surface area contributed by atoms with Gasteiger partial charge in [-0.25, -0.2) is 0 Å². The van der Waals surface area contributed by atoms with Crippen molar-refractivity contribution in [1.82, 2.24) is 4.57 Å². The number of para-hydroxylation sites is 1. The molecule has 0 aliphatic carbocycles. The lowest BCUT2D eigenvalue weighted by molar-refractivity contribution is 0.0994. The van der Waals surface area contributed by atoms with Crippen molar-refractivity contribution in [3.63, 3.8) is 0 Å². The molecule has 7 nitrogen and oxygen atoms in total. The van der Waals surface area contributed by atoms with Gasteiger partial charge < -0.3 is 9.64 Å². The van der Waals surface area contributed by atoms with Gasteiger partial charge in [-0.2, -0.15) is 5.01 Å². The first kappa shape index (κ1) is 26.7. The van der Waals surface area contributed by atoms with E-state index in [1.54, 1.807) is 44.4 Å². The van der Waals surface area contributed by atoms with Gasteiger partial charge in [-0.15, -0.1) is 5.10 Å². The van der Waals surface area contributed by atoms with E-state index in [1.165, 1.54) is 15.3 Å². The number of amides is 1. The zero-order valence-corrected chi connectivity index (χ0v) is 23.2. The summed E-state index contributed by atoms with van der Waals surface area (Å²) in [6.07, 6.45) is 5.58. The predicted octanol–water partition coefficient (Wildman–Crippen LogP) is 4.69. The lowest BCUT2D eigenvalue weighted by Crippen LogP contribution is -2.45. The summed E-state index contributed by atoms with van der Waals surface area (Å²) in [6.45, 7) is 7.98. The van der Waals surface area contributed by atoms with E-state index >= 15 is 0 Å².